The lowest BCUT2D eigenvalue weighted by molar-refractivity contribution is -0.121. The fourth-order valence-electron chi connectivity index (χ4n) is 3.44. The van der Waals surface area contributed by atoms with Gasteiger partial charge < -0.3 is 5.32 Å². The third kappa shape index (κ3) is 4.04. The van der Waals surface area contributed by atoms with Gasteiger partial charge >= 0.3 is 0 Å². The van der Waals surface area contributed by atoms with E-state index in [-0.39, 0.29) is 23.9 Å². The highest BCUT2D eigenvalue weighted by atomic mass is 35.5. The Bertz CT molecular complexity index is 1090. The van der Waals surface area contributed by atoms with E-state index < -0.39 is 0 Å². The number of hydrogen-bond donors (Lipinski definition) is 1. The van der Waals surface area contributed by atoms with Gasteiger partial charge in [-0.15, -0.1) is 0 Å². The topological polar surface area (TPSA) is 81.8 Å². The van der Waals surface area contributed by atoms with Crippen LogP contribution in [0.25, 0.3) is 16.7 Å². The zero-order chi connectivity index (χ0) is 20.4. The summed E-state index contributed by atoms with van der Waals surface area (Å²) in [6.45, 7) is 2.81. The molecule has 9 heteroatoms. The lowest BCUT2D eigenvalue weighted by Crippen LogP contribution is -2.31. The quantitative estimate of drug-likeness (QED) is 0.456. The van der Waals surface area contributed by atoms with E-state index in [9.17, 15) is 9.59 Å². The van der Waals surface area contributed by atoms with E-state index in [0.29, 0.717) is 33.5 Å². The van der Waals surface area contributed by atoms with Gasteiger partial charge in [-0.1, -0.05) is 43.1 Å². The van der Waals surface area contributed by atoms with Crippen LogP contribution in [0.2, 0.25) is 5.02 Å². The number of carbonyl (C=O) groups excluding carboxylic acids is 1. The molecule has 1 aliphatic heterocycles. The minimum Gasteiger partial charge on any atom is -0.356 e. The zero-order valence-corrected chi connectivity index (χ0v) is 17.7. The van der Waals surface area contributed by atoms with Crippen LogP contribution in [0.5, 0.6) is 0 Å². The van der Waals surface area contributed by atoms with Gasteiger partial charge in [0.05, 0.1) is 17.9 Å². The number of fused-ring (bicyclic) bond motifs is 2. The molecule has 3 aromatic rings. The van der Waals surface area contributed by atoms with Crippen molar-refractivity contribution < 1.29 is 4.79 Å². The summed E-state index contributed by atoms with van der Waals surface area (Å²) in [5.41, 5.74) is 1.15. The van der Waals surface area contributed by atoms with Gasteiger partial charge in [-0.2, -0.15) is 5.10 Å². The number of rotatable bonds is 7. The third-order valence-corrected chi connectivity index (χ3v) is 6.31. The normalized spacial score (nSPS) is 15.6. The Morgan fingerprint density at radius 3 is 2.86 bits per heavy atom. The van der Waals surface area contributed by atoms with Crippen LogP contribution in [0, 0.1) is 0 Å². The average molecular weight is 432 g/mol. The van der Waals surface area contributed by atoms with E-state index in [0.717, 1.165) is 24.9 Å². The molecule has 1 amide bonds. The SMILES string of the molecule is CCCCCNC(=O)CC1CSc2nc3c(cnn3-c3ccc(Cl)cc3)c(=O)n21. The summed E-state index contributed by atoms with van der Waals surface area (Å²) in [6.07, 6.45) is 5.01. The standard InChI is InChI=1S/C20H22ClN5O2S/c1-2-3-4-9-22-17(27)10-15-12-29-20-24-18-16(19(28)25(15)20)11-23-26(18)14-7-5-13(21)6-8-14/h5-8,11,15H,2-4,9-10,12H2,1H3,(H,22,27). The largest absolute Gasteiger partial charge is 0.356 e. The van der Waals surface area contributed by atoms with Crippen molar-refractivity contribution in [3.05, 3.63) is 45.8 Å². The highest BCUT2D eigenvalue weighted by Gasteiger charge is 2.29. The Morgan fingerprint density at radius 2 is 2.10 bits per heavy atom. The van der Waals surface area contributed by atoms with Crippen molar-refractivity contribution >= 4 is 40.3 Å². The van der Waals surface area contributed by atoms with Crippen molar-refractivity contribution in [2.75, 3.05) is 12.3 Å². The Morgan fingerprint density at radius 1 is 1.31 bits per heavy atom. The van der Waals surface area contributed by atoms with Gasteiger partial charge in [0.1, 0.15) is 5.39 Å². The molecule has 0 bridgehead atoms. The maximum absolute atomic E-state index is 13.1. The van der Waals surface area contributed by atoms with Gasteiger partial charge in [0.2, 0.25) is 5.91 Å². The smallest absolute Gasteiger partial charge is 0.265 e. The molecule has 3 heterocycles. The number of benzene rings is 1. The molecule has 1 unspecified atom stereocenters. The Balaban J connectivity index is 1.59. The molecule has 4 rings (SSSR count). The molecule has 0 fully saturated rings. The zero-order valence-electron chi connectivity index (χ0n) is 16.1. The van der Waals surface area contributed by atoms with E-state index in [1.165, 1.54) is 18.0 Å². The molecule has 0 saturated heterocycles. The number of amides is 1. The number of carbonyl (C=O) groups is 1. The molecule has 152 valence electrons. The van der Waals surface area contributed by atoms with E-state index in [4.69, 9.17) is 11.6 Å². The Hall–Kier alpha value is -2.32. The first kappa shape index (κ1) is 20.0. The lowest BCUT2D eigenvalue weighted by Gasteiger charge is -2.13. The number of aromatic nitrogens is 4. The maximum atomic E-state index is 13.1. The summed E-state index contributed by atoms with van der Waals surface area (Å²) in [4.78, 5) is 30.1. The second kappa shape index (κ2) is 8.59. The van der Waals surface area contributed by atoms with Gasteiger partial charge in [0.15, 0.2) is 10.8 Å². The number of nitrogens with one attached hydrogen (secondary N) is 1. The maximum Gasteiger partial charge on any atom is 0.265 e. The first-order valence-corrected chi connectivity index (χ1v) is 11.1. The van der Waals surface area contributed by atoms with Gasteiger partial charge in [-0.05, 0) is 30.7 Å². The fourth-order valence-corrected chi connectivity index (χ4v) is 4.70. The van der Waals surface area contributed by atoms with Gasteiger partial charge in [0.25, 0.3) is 5.56 Å². The van der Waals surface area contributed by atoms with Gasteiger partial charge in [-0.3, -0.25) is 14.2 Å². The second-order valence-electron chi connectivity index (χ2n) is 7.07. The number of thioether (sulfide) groups is 1. The first-order chi connectivity index (χ1) is 14.1. The summed E-state index contributed by atoms with van der Waals surface area (Å²) in [5, 5.41) is 9.00. The van der Waals surface area contributed by atoms with Crippen molar-refractivity contribution in [2.45, 2.75) is 43.8 Å². The molecule has 7 nitrogen and oxygen atoms in total. The minimum atomic E-state index is -0.190. The predicted molar refractivity (Wildman–Crippen MR) is 115 cm³/mol. The van der Waals surface area contributed by atoms with Crippen molar-refractivity contribution in [2.24, 2.45) is 0 Å². The van der Waals surface area contributed by atoms with Crippen LogP contribution < -0.4 is 10.9 Å². The van der Waals surface area contributed by atoms with E-state index >= 15 is 0 Å². The molecular weight excluding hydrogens is 410 g/mol. The minimum absolute atomic E-state index is 0.0246. The number of halogens is 1. The molecule has 1 aromatic carbocycles. The van der Waals surface area contributed by atoms with E-state index in [2.05, 4.69) is 22.3 Å². The fraction of sp³-hybridized carbons (Fsp3) is 0.400. The van der Waals surface area contributed by atoms with Crippen LogP contribution >= 0.6 is 23.4 Å². The molecule has 0 spiro atoms. The monoisotopic (exact) mass is 431 g/mol. The summed E-state index contributed by atoms with van der Waals surface area (Å²) in [6, 6.07) is 7.02. The molecule has 1 N–H and O–H groups in total. The van der Waals surface area contributed by atoms with Crippen LogP contribution in [-0.4, -0.2) is 37.5 Å². The molecule has 0 saturated carbocycles. The van der Waals surface area contributed by atoms with Crippen molar-refractivity contribution in [3.63, 3.8) is 0 Å². The van der Waals surface area contributed by atoms with Crippen LogP contribution in [0.1, 0.15) is 38.6 Å². The number of hydrogen-bond acceptors (Lipinski definition) is 5. The van der Waals surface area contributed by atoms with Gasteiger partial charge in [-0.25, -0.2) is 9.67 Å². The Labute approximate surface area is 177 Å². The highest BCUT2D eigenvalue weighted by Crippen LogP contribution is 2.33. The van der Waals surface area contributed by atoms with Crippen molar-refractivity contribution in [3.8, 4) is 5.69 Å². The lowest BCUT2D eigenvalue weighted by atomic mass is 10.2. The van der Waals surface area contributed by atoms with E-state index in [1.807, 2.05) is 12.1 Å². The van der Waals surface area contributed by atoms with E-state index in [1.54, 1.807) is 21.4 Å². The average Bonchev–Trinajstić information content (AvgIpc) is 3.31. The Kier molecular flexibility index (Phi) is 5.91. The van der Waals surface area contributed by atoms with Gasteiger partial charge in [0, 0.05) is 23.7 Å². The van der Waals surface area contributed by atoms with Crippen LogP contribution in [0.15, 0.2) is 40.4 Å². The molecule has 0 radical (unpaired) electrons. The van der Waals surface area contributed by atoms with Crippen LogP contribution in [-0.2, 0) is 4.79 Å². The number of nitrogens with zero attached hydrogens (tertiary/aromatic N) is 4. The molecular formula is C20H22ClN5O2S. The third-order valence-electron chi connectivity index (χ3n) is 4.97. The molecule has 1 atom stereocenters. The second-order valence-corrected chi connectivity index (χ2v) is 8.49. The molecule has 1 aliphatic rings. The van der Waals surface area contributed by atoms with Crippen LogP contribution in [0.3, 0.4) is 0 Å². The number of unbranched alkanes of at least 4 members (excludes halogenated alkanes) is 2. The molecule has 29 heavy (non-hydrogen) atoms. The van der Waals surface area contributed by atoms with Crippen LogP contribution in [0.4, 0.5) is 0 Å². The van der Waals surface area contributed by atoms with Crippen molar-refractivity contribution in [1.29, 1.82) is 0 Å². The molecule has 0 aliphatic carbocycles. The first-order valence-electron chi connectivity index (χ1n) is 9.74. The predicted octanol–water partition coefficient (Wildman–Crippen LogP) is 3.58. The summed E-state index contributed by atoms with van der Waals surface area (Å²) >= 11 is 7.46. The molecule has 2 aromatic heterocycles. The summed E-state index contributed by atoms with van der Waals surface area (Å²) in [7, 11) is 0. The van der Waals surface area contributed by atoms with Crippen molar-refractivity contribution in [1.82, 2.24) is 24.6 Å². The summed E-state index contributed by atoms with van der Waals surface area (Å²) in [5.74, 6) is 0.634. The highest BCUT2D eigenvalue weighted by molar-refractivity contribution is 7.99. The summed E-state index contributed by atoms with van der Waals surface area (Å²) < 4.78 is 3.29.